The van der Waals surface area contributed by atoms with Crippen LogP contribution in [0.2, 0.25) is 0 Å². The van der Waals surface area contributed by atoms with Gasteiger partial charge in [0.15, 0.2) is 0 Å². The summed E-state index contributed by atoms with van der Waals surface area (Å²) in [5.74, 6) is -0.971. The predicted molar refractivity (Wildman–Crippen MR) is 54.5 cm³/mol. The molecule has 0 amide bonds. The first-order valence-electron chi connectivity index (χ1n) is 4.70. The first kappa shape index (κ1) is 9.06. The van der Waals surface area contributed by atoms with Crippen molar-refractivity contribution in [3.8, 4) is 0 Å². The number of carboxylic acid groups (broad SMARTS) is 1. The first-order chi connectivity index (χ1) is 6.68. The third-order valence-electron chi connectivity index (χ3n) is 2.71. The standard InChI is InChI=1S/C11H13NO2/c1-12-7-9(11(13)14)6-8-4-2-3-5-10(8)12/h2-5,9H,6-7H2,1H3,(H,13,14)/t9-/m1/s1. The normalized spacial score (nSPS) is 20.4. The van der Waals surface area contributed by atoms with E-state index in [-0.39, 0.29) is 5.92 Å². The van der Waals surface area contributed by atoms with Crippen LogP contribution >= 0.6 is 0 Å². The summed E-state index contributed by atoms with van der Waals surface area (Å²) in [6, 6.07) is 7.97. The van der Waals surface area contributed by atoms with E-state index in [4.69, 9.17) is 5.11 Å². The molecule has 3 nitrogen and oxygen atoms in total. The predicted octanol–water partition coefficient (Wildman–Crippen LogP) is 1.38. The largest absolute Gasteiger partial charge is 0.481 e. The zero-order valence-electron chi connectivity index (χ0n) is 8.10. The van der Waals surface area contributed by atoms with E-state index < -0.39 is 5.97 Å². The summed E-state index contributed by atoms with van der Waals surface area (Å²) < 4.78 is 0. The molecule has 0 saturated carbocycles. The summed E-state index contributed by atoms with van der Waals surface area (Å²) in [4.78, 5) is 12.9. The molecule has 1 N–H and O–H groups in total. The molecule has 3 heteroatoms. The van der Waals surface area contributed by atoms with Gasteiger partial charge in [-0.05, 0) is 18.1 Å². The van der Waals surface area contributed by atoms with Crippen LogP contribution in [0.4, 0.5) is 5.69 Å². The molecule has 0 fully saturated rings. The zero-order chi connectivity index (χ0) is 10.1. The minimum absolute atomic E-state index is 0.269. The molecule has 0 bridgehead atoms. The minimum atomic E-state index is -0.702. The number of benzene rings is 1. The molecule has 1 aliphatic heterocycles. The maximum absolute atomic E-state index is 10.9. The Balaban J connectivity index is 2.33. The second kappa shape index (κ2) is 3.33. The number of rotatable bonds is 1. The Labute approximate surface area is 83.0 Å². The average Bonchev–Trinajstić information content (AvgIpc) is 2.17. The Morgan fingerprint density at radius 3 is 2.93 bits per heavy atom. The molecule has 0 aromatic heterocycles. The number of fused-ring (bicyclic) bond motifs is 1. The van der Waals surface area contributed by atoms with Crippen LogP contribution in [-0.2, 0) is 11.2 Å². The molecule has 74 valence electrons. The molecule has 0 saturated heterocycles. The van der Waals surface area contributed by atoms with Gasteiger partial charge in [0.2, 0.25) is 0 Å². The molecular formula is C11H13NO2. The van der Waals surface area contributed by atoms with Crippen LogP contribution in [0.15, 0.2) is 24.3 Å². The average molecular weight is 191 g/mol. The van der Waals surface area contributed by atoms with Gasteiger partial charge in [0.05, 0.1) is 5.92 Å². The maximum atomic E-state index is 10.9. The van der Waals surface area contributed by atoms with Gasteiger partial charge in [-0.2, -0.15) is 0 Å². The third kappa shape index (κ3) is 1.45. The summed E-state index contributed by atoms with van der Waals surface area (Å²) in [6.07, 6.45) is 0.649. The fourth-order valence-corrected chi connectivity index (χ4v) is 1.98. The second-order valence-corrected chi connectivity index (χ2v) is 3.75. The molecule has 0 aliphatic carbocycles. The number of para-hydroxylation sites is 1. The highest BCUT2D eigenvalue weighted by atomic mass is 16.4. The van der Waals surface area contributed by atoms with Gasteiger partial charge in [0.25, 0.3) is 0 Å². The Hall–Kier alpha value is -1.51. The number of carbonyl (C=O) groups is 1. The first-order valence-corrected chi connectivity index (χ1v) is 4.70. The molecule has 1 aromatic carbocycles. The van der Waals surface area contributed by atoms with E-state index in [2.05, 4.69) is 0 Å². The summed E-state index contributed by atoms with van der Waals surface area (Å²) in [5.41, 5.74) is 2.29. The van der Waals surface area contributed by atoms with E-state index in [1.165, 1.54) is 0 Å². The van der Waals surface area contributed by atoms with Crippen LogP contribution in [0.3, 0.4) is 0 Å². The van der Waals surface area contributed by atoms with Crippen molar-refractivity contribution < 1.29 is 9.90 Å². The van der Waals surface area contributed by atoms with E-state index >= 15 is 0 Å². The van der Waals surface area contributed by atoms with E-state index in [1.807, 2.05) is 36.2 Å². The lowest BCUT2D eigenvalue weighted by Crippen LogP contribution is -2.36. The van der Waals surface area contributed by atoms with E-state index in [0.29, 0.717) is 13.0 Å². The molecule has 1 aliphatic rings. The van der Waals surface area contributed by atoms with Crippen LogP contribution in [-0.4, -0.2) is 24.7 Å². The number of carboxylic acids is 1. The SMILES string of the molecule is CN1C[C@H](C(=O)O)Cc2ccccc21. The lowest BCUT2D eigenvalue weighted by molar-refractivity contribution is -0.141. The van der Waals surface area contributed by atoms with Crippen molar-refractivity contribution in [3.63, 3.8) is 0 Å². The van der Waals surface area contributed by atoms with Gasteiger partial charge in [-0.3, -0.25) is 4.79 Å². The monoisotopic (exact) mass is 191 g/mol. The highest BCUT2D eigenvalue weighted by Gasteiger charge is 2.26. The van der Waals surface area contributed by atoms with Crippen molar-refractivity contribution in [2.45, 2.75) is 6.42 Å². The van der Waals surface area contributed by atoms with E-state index in [9.17, 15) is 4.79 Å². The maximum Gasteiger partial charge on any atom is 0.308 e. The Morgan fingerprint density at radius 2 is 2.21 bits per heavy atom. The van der Waals surface area contributed by atoms with Crippen molar-refractivity contribution >= 4 is 11.7 Å². The third-order valence-corrected chi connectivity index (χ3v) is 2.71. The minimum Gasteiger partial charge on any atom is -0.481 e. The smallest absolute Gasteiger partial charge is 0.308 e. The number of nitrogens with zero attached hydrogens (tertiary/aromatic N) is 1. The van der Waals surface area contributed by atoms with Gasteiger partial charge >= 0.3 is 5.97 Å². The second-order valence-electron chi connectivity index (χ2n) is 3.75. The summed E-state index contributed by atoms with van der Waals surface area (Å²) in [6.45, 7) is 0.604. The van der Waals surface area contributed by atoms with E-state index in [0.717, 1.165) is 11.3 Å². The zero-order valence-corrected chi connectivity index (χ0v) is 8.10. The van der Waals surface area contributed by atoms with Crippen LogP contribution in [0.25, 0.3) is 0 Å². The van der Waals surface area contributed by atoms with Gasteiger partial charge in [0.1, 0.15) is 0 Å². The molecule has 1 heterocycles. The fraction of sp³-hybridized carbons (Fsp3) is 0.364. The summed E-state index contributed by atoms with van der Waals surface area (Å²) in [5, 5.41) is 8.95. The van der Waals surface area contributed by atoms with Gasteiger partial charge in [-0.15, -0.1) is 0 Å². The van der Waals surface area contributed by atoms with Crippen molar-refractivity contribution in [3.05, 3.63) is 29.8 Å². The van der Waals surface area contributed by atoms with Gasteiger partial charge in [-0.25, -0.2) is 0 Å². The Bertz CT molecular complexity index is 362. The van der Waals surface area contributed by atoms with Crippen LogP contribution < -0.4 is 4.90 Å². The van der Waals surface area contributed by atoms with E-state index in [1.54, 1.807) is 0 Å². The quantitative estimate of drug-likeness (QED) is 0.729. The molecule has 2 rings (SSSR count). The van der Waals surface area contributed by atoms with Gasteiger partial charge in [-0.1, -0.05) is 18.2 Å². The van der Waals surface area contributed by atoms with Gasteiger partial charge in [0, 0.05) is 19.3 Å². The fourth-order valence-electron chi connectivity index (χ4n) is 1.98. The molecule has 0 spiro atoms. The van der Waals surface area contributed by atoms with Crippen LogP contribution in [0.1, 0.15) is 5.56 Å². The highest BCUT2D eigenvalue weighted by molar-refractivity contribution is 5.73. The number of anilines is 1. The molecular weight excluding hydrogens is 178 g/mol. The molecule has 0 unspecified atom stereocenters. The Morgan fingerprint density at radius 1 is 1.50 bits per heavy atom. The molecule has 1 atom stereocenters. The molecule has 1 aromatic rings. The number of aliphatic carboxylic acids is 1. The van der Waals surface area contributed by atoms with Crippen molar-refractivity contribution in [2.24, 2.45) is 5.92 Å². The topological polar surface area (TPSA) is 40.5 Å². The van der Waals surface area contributed by atoms with Crippen LogP contribution in [0, 0.1) is 5.92 Å². The number of hydrogen-bond acceptors (Lipinski definition) is 2. The van der Waals surface area contributed by atoms with Crippen molar-refractivity contribution in [2.75, 3.05) is 18.5 Å². The van der Waals surface area contributed by atoms with Crippen molar-refractivity contribution in [1.29, 1.82) is 0 Å². The Kier molecular flexibility index (Phi) is 2.15. The number of hydrogen-bond donors (Lipinski definition) is 1. The highest BCUT2D eigenvalue weighted by Crippen LogP contribution is 2.28. The molecule has 0 radical (unpaired) electrons. The summed E-state index contributed by atoms with van der Waals surface area (Å²) in [7, 11) is 1.94. The lowest BCUT2D eigenvalue weighted by Gasteiger charge is -2.31. The van der Waals surface area contributed by atoms with Crippen LogP contribution in [0.5, 0.6) is 0 Å². The lowest BCUT2D eigenvalue weighted by atomic mass is 9.93. The van der Waals surface area contributed by atoms with Crippen molar-refractivity contribution in [1.82, 2.24) is 0 Å². The van der Waals surface area contributed by atoms with Gasteiger partial charge < -0.3 is 10.0 Å². The summed E-state index contributed by atoms with van der Waals surface area (Å²) >= 11 is 0. The molecule has 14 heavy (non-hydrogen) atoms.